The van der Waals surface area contributed by atoms with Crippen LogP contribution in [0.1, 0.15) is 44.2 Å². The van der Waals surface area contributed by atoms with Crippen LogP contribution in [0, 0.1) is 12.8 Å². The maximum atomic E-state index is 5.95. The molecule has 1 saturated carbocycles. The van der Waals surface area contributed by atoms with Gasteiger partial charge in [0.05, 0.1) is 6.54 Å². The van der Waals surface area contributed by atoms with E-state index in [2.05, 4.69) is 55.3 Å². The molecule has 110 valence electrons. The van der Waals surface area contributed by atoms with Crippen LogP contribution in [-0.2, 0) is 5.41 Å². The van der Waals surface area contributed by atoms with Gasteiger partial charge in [0.25, 0.3) is 0 Å². The molecule has 1 aromatic carbocycles. The topological polar surface area (TPSA) is 50.4 Å². The first-order valence-electron chi connectivity index (χ1n) is 7.63. The zero-order valence-electron chi connectivity index (χ0n) is 12.9. The van der Waals surface area contributed by atoms with E-state index in [1.54, 1.807) is 0 Å². The maximum Gasteiger partial charge on any atom is 0.188 e. The molecule has 1 aliphatic rings. The van der Waals surface area contributed by atoms with Crippen molar-refractivity contribution in [2.45, 2.75) is 45.4 Å². The average molecular weight is 273 g/mol. The first kappa shape index (κ1) is 14.9. The fraction of sp³-hybridized carbons (Fsp3) is 0.588. The predicted molar refractivity (Wildman–Crippen MR) is 86.0 cm³/mol. The lowest BCUT2D eigenvalue weighted by Gasteiger charge is -2.16. The van der Waals surface area contributed by atoms with Crippen LogP contribution in [-0.4, -0.2) is 19.0 Å². The largest absolute Gasteiger partial charge is 0.370 e. The van der Waals surface area contributed by atoms with Gasteiger partial charge in [0, 0.05) is 12.0 Å². The number of rotatable bonds is 6. The monoisotopic (exact) mass is 273 g/mol. The molecule has 2 rings (SSSR count). The highest BCUT2D eigenvalue weighted by Crippen LogP contribution is 2.49. The third-order valence-corrected chi connectivity index (χ3v) is 4.15. The molecule has 0 heterocycles. The van der Waals surface area contributed by atoms with Crippen molar-refractivity contribution in [2.75, 3.05) is 13.1 Å². The number of nitrogens with zero attached hydrogens (tertiary/aromatic N) is 1. The Bertz CT molecular complexity index is 473. The zero-order chi connectivity index (χ0) is 14.6. The van der Waals surface area contributed by atoms with E-state index in [1.165, 1.54) is 24.0 Å². The molecule has 1 aliphatic carbocycles. The molecule has 0 radical (unpaired) electrons. The van der Waals surface area contributed by atoms with Crippen molar-refractivity contribution in [3.8, 4) is 0 Å². The summed E-state index contributed by atoms with van der Waals surface area (Å²) in [5, 5.41) is 3.21. The average Bonchev–Trinajstić information content (AvgIpc) is 3.17. The van der Waals surface area contributed by atoms with E-state index < -0.39 is 0 Å². The summed E-state index contributed by atoms with van der Waals surface area (Å²) in [6.45, 7) is 8.32. The van der Waals surface area contributed by atoms with Crippen LogP contribution in [0.3, 0.4) is 0 Å². The van der Waals surface area contributed by atoms with Crippen molar-refractivity contribution in [3.05, 3.63) is 35.4 Å². The van der Waals surface area contributed by atoms with Gasteiger partial charge in [-0.15, -0.1) is 0 Å². The second-order valence-electron chi connectivity index (χ2n) is 6.41. The Balaban J connectivity index is 1.91. The van der Waals surface area contributed by atoms with Crippen LogP contribution in [0.25, 0.3) is 0 Å². The molecule has 0 aromatic heterocycles. The van der Waals surface area contributed by atoms with E-state index in [4.69, 9.17) is 5.73 Å². The molecule has 1 fully saturated rings. The van der Waals surface area contributed by atoms with Crippen LogP contribution < -0.4 is 11.1 Å². The lowest BCUT2D eigenvalue weighted by molar-refractivity contribution is 0.576. The molecule has 3 heteroatoms. The highest BCUT2D eigenvalue weighted by Gasteiger charge is 2.44. The number of nitrogens with one attached hydrogen (secondary N) is 1. The summed E-state index contributed by atoms with van der Waals surface area (Å²) in [6, 6.07) is 8.64. The molecule has 0 spiro atoms. The second kappa shape index (κ2) is 6.29. The Morgan fingerprint density at radius 2 is 2.05 bits per heavy atom. The highest BCUT2D eigenvalue weighted by molar-refractivity contribution is 5.77. The van der Waals surface area contributed by atoms with Gasteiger partial charge in [0.1, 0.15) is 0 Å². The molecule has 0 aliphatic heterocycles. The van der Waals surface area contributed by atoms with E-state index in [0.29, 0.717) is 11.9 Å². The van der Waals surface area contributed by atoms with E-state index in [-0.39, 0.29) is 5.41 Å². The normalized spacial score (nSPS) is 17.3. The van der Waals surface area contributed by atoms with Gasteiger partial charge < -0.3 is 11.1 Å². The van der Waals surface area contributed by atoms with Crippen molar-refractivity contribution in [3.63, 3.8) is 0 Å². The van der Waals surface area contributed by atoms with Crippen LogP contribution in [0.5, 0.6) is 0 Å². The summed E-state index contributed by atoms with van der Waals surface area (Å²) in [4.78, 5) is 4.56. The molecule has 0 amide bonds. The molecule has 0 unspecified atom stereocenters. The smallest absolute Gasteiger partial charge is 0.188 e. The number of aliphatic imine (C=N–C) groups is 1. The fourth-order valence-electron chi connectivity index (χ4n) is 2.61. The summed E-state index contributed by atoms with van der Waals surface area (Å²) in [7, 11) is 0. The standard InChI is InChI=1S/C17H27N3/c1-13(2)8-11-19-16(18)20-12-17(9-10-17)15-7-5-4-6-14(15)3/h4-7,13H,8-12H2,1-3H3,(H3,18,19,20). The highest BCUT2D eigenvalue weighted by atomic mass is 15.1. The number of benzene rings is 1. The van der Waals surface area contributed by atoms with E-state index in [9.17, 15) is 0 Å². The summed E-state index contributed by atoms with van der Waals surface area (Å²) < 4.78 is 0. The molecular weight excluding hydrogens is 246 g/mol. The van der Waals surface area contributed by atoms with Crippen molar-refractivity contribution in [1.82, 2.24) is 5.32 Å². The first-order valence-corrected chi connectivity index (χ1v) is 7.63. The summed E-state index contributed by atoms with van der Waals surface area (Å²) in [6.07, 6.45) is 3.57. The summed E-state index contributed by atoms with van der Waals surface area (Å²) in [5.74, 6) is 1.28. The molecule has 0 saturated heterocycles. The quantitative estimate of drug-likeness (QED) is 0.618. The van der Waals surface area contributed by atoms with Crippen molar-refractivity contribution in [2.24, 2.45) is 16.6 Å². The SMILES string of the molecule is Cc1ccccc1C1(CN=C(N)NCCC(C)C)CC1. The number of nitrogens with two attached hydrogens (primary N) is 1. The van der Waals surface area contributed by atoms with Gasteiger partial charge in [0.2, 0.25) is 0 Å². The van der Waals surface area contributed by atoms with Crippen LogP contribution >= 0.6 is 0 Å². The number of hydrogen-bond donors (Lipinski definition) is 2. The molecule has 0 bridgehead atoms. The summed E-state index contributed by atoms with van der Waals surface area (Å²) >= 11 is 0. The van der Waals surface area contributed by atoms with Crippen molar-refractivity contribution < 1.29 is 0 Å². The number of guanidine groups is 1. The Hall–Kier alpha value is -1.51. The zero-order valence-corrected chi connectivity index (χ0v) is 12.9. The molecule has 1 aromatic rings. The van der Waals surface area contributed by atoms with Crippen molar-refractivity contribution in [1.29, 1.82) is 0 Å². The minimum Gasteiger partial charge on any atom is -0.370 e. The van der Waals surface area contributed by atoms with Crippen LogP contribution in [0.4, 0.5) is 0 Å². The third-order valence-electron chi connectivity index (χ3n) is 4.15. The number of hydrogen-bond acceptors (Lipinski definition) is 1. The van der Waals surface area contributed by atoms with Crippen LogP contribution in [0.2, 0.25) is 0 Å². The van der Waals surface area contributed by atoms with Crippen LogP contribution in [0.15, 0.2) is 29.3 Å². The first-order chi connectivity index (χ1) is 9.53. The Morgan fingerprint density at radius 3 is 2.65 bits per heavy atom. The Kier molecular flexibility index (Phi) is 4.69. The summed E-state index contributed by atoms with van der Waals surface area (Å²) in [5.41, 5.74) is 9.01. The minimum absolute atomic E-state index is 0.246. The molecular formula is C17H27N3. The fourth-order valence-corrected chi connectivity index (χ4v) is 2.61. The third kappa shape index (κ3) is 3.75. The Morgan fingerprint density at radius 1 is 1.35 bits per heavy atom. The molecule has 3 nitrogen and oxygen atoms in total. The van der Waals surface area contributed by atoms with Gasteiger partial charge in [-0.2, -0.15) is 0 Å². The minimum atomic E-state index is 0.246. The Labute approximate surface area is 122 Å². The molecule has 20 heavy (non-hydrogen) atoms. The maximum absolute atomic E-state index is 5.95. The van der Waals surface area contributed by atoms with Gasteiger partial charge in [-0.05, 0) is 43.2 Å². The number of aryl methyl sites for hydroxylation is 1. The van der Waals surface area contributed by atoms with E-state index >= 15 is 0 Å². The van der Waals surface area contributed by atoms with E-state index in [0.717, 1.165) is 19.5 Å². The lowest BCUT2D eigenvalue weighted by Crippen LogP contribution is -2.33. The lowest BCUT2D eigenvalue weighted by atomic mass is 9.92. The van der Waals surface area contributed by atoms with Gasteiger partial charge in [-0.1, -0.05) is 38.1 Å². The molecule has 3 N–H and O–H groups in total. The second-order valence-corrected chi connectivity index (χ2v) is 6.41. The predicted octanol–water partition coefficient (Wildman–Crippen LogP) is 2.98. The van der Waals surface area contributed by atoms with Gasteiger partial charge in [-0.3, -0.25) is 4.99 Å². The van der Waals surface area contributed by atoms with Gasteiger partial charge >= 0.3 is 0 Å². The molecule has 0 atom stereocenters. The van der Waals surface area contributed by atoms with Gasteiger partial charge in [0.15, 0.2) is 5.96 Å². The van der Waals surface area contributed by atoms with E-state index in [1.807, 2.05) is 0 Å². The van der Waals surface area contributed by atoms with Crippen molar-refractivity contribution >= 4 is 5.96 Å². The van der Waals surface area contributed by atoms with Gasteiger partial charge in [-0.25, -0.2) is 0 Å².